The van der Waals surface area contributed by atoms with Crippen molar-refractivity contribution < 1.29 is 0 Å². The molecule has 14 aromatic rings. The maximum atomic E-state index is 2.40. The number of hydrogen-bond donors (Lipinski definition) is 0. The highest BCUT2D eigenvalue weighted by Gasteiger charge is 2.18. The van der Waals surface area contributed by atoms with Crippen molar-refractivity contribution in [3.8, 4) is 61.6 Å². The van der Waals surface area contributed by atoms with E-state index < -0.39 is 0 Å². The number of aromatic nitrogens is 3. The van der Waals surface area contributed by atoms with Crippen LogP contribution in [0, 0.1) is 0 Å². The van der Waals surface area contributed by atoms with Gasteiger partial charge in [-0.1, -0.05) is 146 Å². The second kappa shape index (κ2) is 15.7. The van der Waals surface area contributed by atoms with Gasteiger partial charge < -0.3 is 13.7 Å². The first-order chi connectivity index (χ1) is 34.2. The monoisotopic (exact) mass is 877 g/mol. The van der Waals surface area contributed by atoms with Crippen molar-refractivity contribution in [3.63, 3.8) is 0 Å². The van der Waals surface area contributed by atoms with E-state index >= 15 is 0 Å². The lowest BCUT2D eigenvalue weighted by Gasteiger charge is -2.14. The molecule has 3 aromatic heterocycles. The van der Waals surface area contributed by atoms with Crippen LogP contribution in [0.15, 0.2) is 261 Å². The van der Waals surface area contributed by atoms with E-state index in [0.717, 1.165) is 17.1 Å². The maximum Gasteiger partial charge on any atom is 0.0541 e. The summed E-state index contributed by atoms with van der Waals surface area (Å²) < 4.78 is 7.16. The molecule has 0 saturated heterocycles. The summed E-state index contributed by atoms with van der Waals surface area (Å²) >= 11 is 0. The second-order valence-electron chi connectivity index (χ2n) is 18.1. The van der Waals surface area contributed by atoms with Gasteiger partial charge in [-0.2, -0.15) is 0 Å². The third-order valence-corrected chi connectivity index (χ3v) is 14.2. The largest absolute Gasteiger partial charge is 0.309 e. The minimum atomic E-state index is 1.16. The fourth-order valence-corrected chi connectivity index (χ4v) is 11.0. The fourth-order valence-electron chi connectivity index (χ4n) is 11.0. The van der Waals surface area contributed by atoms with E-state index in [2.05, 4.69) is 275 Å². The van der Waals surface area contributed by atoms with Gasteiger partial charge >= 0.3 is 0 Å². The summed E-state index contributed by atoms with van der Waals surface area (Å²) in [6.45, 7) is 0. The number of fused-ring (bicyclic) bond motifs is 9. The standard InChI is InChI=1S/C66H43N3/c1-4-19-52(20-5-1)67-61-28-13-10-25-55(61)58-41-46(31-34-64(58)67)44-17-16-18-45(37-44)49-38-50(47-32-35-65-59(42-47)56-26-11-14-29-62(56)68(65)53-21-6-2-7-22-53)40-51(39-49)48-33-36-66-60(43-48)57-27-12-15-30-63(57)69(66)54-23-8-3-9-24-54/h1-43H. The first-order valence-corrected chi connectivity index (χ1v) is 23.7. The molecule has 0 aliphatic heterocycles. The van der Waals surface area contributed by atoms with Gasteiger partial charge in [-0.05, 0) is 160 Å². The number of rotatable bonds is 7. The third-order valence-electron chi connectivity index (χ3n) is 14.2. The van der Waals surface area contributed by atoms with Crippen LogP contribution in [0.5, 0.6) is 0 Å². The van der Waals surface area contributed by atoms with Crippen LogP contribution in [-0.4, -0.2) is 13.7 Å². The summed E-state index contributed by atoms with van der Waals surface area (Å²) in [5.74, 6) is 0. The molecule has 0 bridgehead atoms. The van der Waals surface area contributed by atoms with Gasteiger partial charge in [0.15, 0.2) is 0 Å². The SMILES string of the molecule is c1ccc(-n2c3ccccc3c3cc(-c4cccc(-c5cc(-c6ccc7c(c6)c6ccccc6n7-c6ccccc6)cc(-c6ccc7c(c6)c6ccccc6n7-c6ccccc6)c5)c4)ccc32)cc1. The quantitative estimate of drug-likeness (QED) is 0.152. The average Bonchev–Trinajstić information content (AvgIpc) is 4.06. The summed E-state index contributed by atoms with van der Waals surface area (Å²) in [6, 6.07) is 95.6. The lowest BCUT2D eigenvalue weighted by molar-refractivity contribution is 1.18. The minimum Gasteiger partial charge on any atom is -0.309 e. The van der Waals surface area contributed by atoms with Gasteiger partial charge in [-0.15, -0.1) is 0 Å². The topological polar surface area (TPSA) is 14.8 Å². The van der Waals surface area contributed by atoms with Crippen LogP contribution >= 0.6 is 0 Å². The van der Waals surface area contributed by atoms with Gasteiger partial charge in [-0.3, -0.25) is 0 Å². The zero-order valence-electron chi connectivity index (χ0n) is 37.7. The van der Waals surface area contributed by atoms with Crippen molar-refractivity contribution in [2.45, 2.75) is 0 Å². The molecule has 69 heavy (non-hydrogen) atoms. The molecule has 0 N–H and O–H groups in total. The predicted octanol–water partition coefficient (Wildman–Crippen LogP) is 17.6. The first kappa shape index (κ1) is 39.0. The van der Waals surface area contributed by atoms with Crippen LogP contribution in [0.25, 0.3) is 127 Å². The molecule has 14 rings (SSSR count). The van der Waals surface area contributed by atoms with Crippen LogP contribution < -0.4 is 0 Å². The molecule has 11 aromatic carbocycles. The Morgan fingerprint density at radius 2 is 0.420 bits per heavy atom. The molecule has 0 unspecified atom stereocenters. The molecule has 0 amide bonds. The molecule has 0 radical (unpaired) electrons. The Bertz CT molecular complexity index is 4110. The van der Waals surface area contributed by atoms with Crippen molar-refractivity contribution in [2.24, 2.45) is 0 Å². The van der Waals surface area contributed by atoms with Gasteiger partial charge in [0.05, 0.1) is 33.1 Å². The predicted molar refractivity (Wildman–Crippen MR) is 291 cm³/mol. The van der Waals surface area contributed by atoms with Crippen molar-refractivity contribution in [1.82, 2.24) is 13.7 Å². The van der Waals surface area contributed by atoms with E-state index in [0.29, 0.717) is 0 Å². The summed E-state index contributed by atoms with van der Waals surface area (Å²) in [7, 11) is 0. The van der Waals surface area contributed by atoms with Gasteiger partial charge in [0.25, 0.3) is 0 Å². The number of hydrogen-bond acceptors (Lipinski definition) is 0. The Morgan fingerprint density at radius 3 is 0.783 bits per heavy atom. The Hall–Kier alpha value is -9.18. The van der Waals surface area contributed by atoms with Crippen LogP contribution in [0.1, 0.15) is 0 Å². The van der Waals surface area contributed by atoms with Crippen LogP contribution in [-0.2, 0) is 0 Å². The molecule has 0 aliphatic carbocycles. The molecule has 0 spiro atoms. The summed E-state index contributed by atoms with van der Waals surface area (Å²) in [6.07, 6.45) is 0. The molecular formula is C66H43N3. The lowest BCUT2D eigenvalue weighted by atomic mass is 9.91. The Balaban J connectivity index is 0.952. The van der Waals surface area contributed by atoms with Crippen LogP contribution in [0.2, 0.25) is 0 Å². The van der Waals surface area contributed by atoms with E-state index in [1.807, 2.05) is 0 Å². The van der Waals surface area contributed by atoms with E-state index in [4.69, 9.17) is 0 Å². The smallest absolute Gasteiger partial charge is 0.0541 e. The van der Waals surface area contributed by atoms with Crippen LogP contribution in [0.3, 0.4) is 0 Å². The Morgan fingerprint density at radius 1 is 0.159 bits per heavy atom. The zero-order chi connectivity index (χ0) is 45.4. The highest BCUT2D eigenvalue weighted by Crippen LogP contribution is 2.41. The molecule has 322 valence electrons. The molecule has 3 heterocycles. The highest BCUT2D eigenvalue weighted by molar-refractivity contribution is 6.13. The van der Waals surface area contributed by atoms with E-state index in [-0.39, 0.29) is 0 Å². The lowest BCUT2D eigenvalue weighted by Crippen LogP contribution is -1.93. The Kier molecular flexibility index (Phi) is 8.90. The van der Waals surface area contributed by atoms with E-state index in [1.165, 1.54) is 110 Å². The highest BCUT2D eigenvalue weighted by atomic mass is 15.0. The van der Waals surface area contributed by atoms with E-state index in [1.54, 1.807) is 0 Å². The summed E-state index contributed by atoms with van der Waals surface area (Å²) in [4.78, 5) is 0. The van der Waals surface area contributed by atoms with Crippen molar-refractivity contribution in [2.75, 3.05) is 0 Å². The van der Waals surface area contributed by atoms with Crippen molar-refractivity contribution >= 4 is 65.4 Å². The molecule has 3 heteroatoms. The van der Waals surface area contributed by atoms with Crippen LogP contribution in [0.4, 0.5) is 0 Å². The third kappa shape index (κ3) is 6.36. The summed E-state index contributed by atoms with van der Waals surface area (Å²) in [5.41, 5.74) is 20.1. The van der Waals surface area contributed by atoms with Gasteiger partial charge in [-0.25, -0.2) is 0 Å². The molecule has 0 aliphatic rings. The molecule has 0 fully saturated rings. The molecule has 0 saturated carbocycles. The summed E-state index contributed by atoms with van der Waals surface area (Å²) in [5, 5.41) is 7.45. The number of para-hydroxylation sites is 6. The first-order valence-electron chi connectivity index (χ1n) is 23.7. The second-order valence-corrected chi connectivity index (χ2v) is 18.1. The molecule has 0 atom stereocenters. The van der Waals surface area contributed by atoms with E-state index in [9.17, 15) is 0 Å². The van der Waals surface area contributed by atoms with Crippen molar-refractivity contribution in [3.05, 3.63) is 261 Å². The zero-order valence-corrected chi connectivity index (χ0v) is 37.7. The number of nitrogens with zero attached hydrogens (tertiary/aromatic N) is 3. The number of benzene rings is 11. The molecule has 3 nitrogen and oxygen atoms in total. The van der Waals surface area contributed by atoms with Crippen molar-refractivity contribution in [1.29, 1.82) is 0 Å². The fraction of sp³-hybridized carbons (Fsp3) is 0. The Labute approximate surface area is 399 Å². The van der Waals surface area contributed by atoms with Gasteiger partial charge in [0, 0.05) is 49.4 Å². The normalized spacial score (nSPS) is 11.8. The van der Waals surface area contributed by atoms with Gasteiger partial charge in [0.2, 0.25) is 0 Å². The minimum absolute atomic E-state index is 1.16. The average molecular weight is 878 g/mol. The molecular weight excluding hydrogens is 835 g/mol. The maximum absolute atomic E-state index is 2.40. The van der Waals surface area contributed by atoms with Gasteiger partial charge in [0.1, 0.15) is 0 Å².